The number of aliphatic hydroxyl groups excluding tert-OH is 1. The maximum atomic E-state index is 11.3. The molecule has 2 atom stereocenters. The second-order valence-corrected chi connectivity index (χ2v) is 5.46. The summed E-state index contributed by atoms with van der Waals surface area (Å²) in [6.45, 7) is 1.44. The van der Waals surface area contributed by atoms with E-state index in [1.807, 2.05) is 22.6 Å². The minimum absolute atomic E-state index is 0.0788. The molecule has 0 aromatic heterocycles. The van der Waals surface area contributed by atoms with Gasteiger partial charge in [-0.15, -0.1) is 0 Å². The Kier molecular flexibility index (Phi) is 5.08. The Balaban J connectivity index is 3.25. The molecule has 2 unspecified atom stereocenters. The smallest absolute Gasteiger partial charge is 0.337 e. The molecule has 0 saturated carbocycles. The summed E-state index contributed by atoms with van der Waals surface area (Å²) in [5.41, 5.74) is 0.956. The van der Waals surface area contributed by atoms with E-state index in [4.69, 9.17) is 5.11 Å². The van der Waals surface area contributed by atoms with Gasteiger partial charge in [0.1, 0.15) is 5.78 Å². The molecule has 6 heteroatoms. The lowest BCUT2D eigenvalue weighted by Gasteiger charge is -2.14. The van der Waals surface area contributed by atoms with Gasteiger partial charge in [0.15, 0.2) is 6.10 Å². The third-order valence-electron chi connectivity index (χ3n) is 2.22. The van der Waals surface area contributed by atoms with Crippen molar-refractivity contribution < 1.29 is 19.8 Å². The first-order valence-corrected chi connectivity index (χ1v) is 6.69. The first kappa shape index (κ1) is 14.6. The number of carboxylic acids is 1. The lowest BCUT2D eigenvalue weighted by Crippen LogP contribution is -2.14. The molecule has 0 bridgehead atoms. The van der Waals surface area contributed by atoms with Crippen LogP contribution in [-0.2, 0) is 9.59 Å². The van der Waals surface area contributed by atoms with Gasteiger partial charge in [0.05, 0.1) is 4.83 Å². The molecule has 0 aliphatic rings. The van der Waals surface area contributed by atoms with Gasteiger partial charge >= 0.3 is 5.97 Å². The Morgan fingerprint density at radius 1 is 1.35 bits per heavy atom. The number of hydrogen-bond acceptors (Lipinski definition) is 3. The van der Waals surface area contributed by atoms with Gasteiger partial charge < -0.3 is 10.2 Å². The van der Waals surface area contributed by atoms with Gasteiger partial charge in [-0.2, -0.15) is 0 Å². The van der Waals surface area contributed by atoms with Gasteiger partial charge in [0.25, 0.3) is 0 Å². The van der Waals surface area contributed by atoms with E-state index in [1.54, 1.807) is 12.1 Å². The van der Waals surface area contributed by atoms with E-state index in [2.05, 4.69) is 15.9 Å². The summed E-state index contributed by atoms with van der Waals surface area (Å²) < 4.78 is 0.581. The Hall–Kier alpha value is -0.470. The van der Waals surface area contributed by atoms with Gasteiger partial charge in [0.2, 0.25) is 0 Å². The minimum atomic E-state index is -1.58. The number of ketones is 1. The quantitative estimate of drug-likeness (QED) is 0.588. The zero-order valence-corrected chi connectivity index (χ0v) is 12.6. The number of hydrogen-bond donors (Lipinski definition) is 2. The third kappa shape index (κ3) is 3.26. The number of Topliss-reactive ketones (excluding diaryl/α,β-unsaturated/α-hetero) is 1. The highest BCUT2D eigenvalue weighted by Gasteiger charge is 2.23. The third-order valence-corrected chi connectivity index (χ3v) is 4.60. The van der Waals surface area contributed by atoms with Crippen LogP contribution in [0.3, 0.4) is 0 Å². The maximum Gasteiger partial charge on any atom is 0.337 e. The van der Waals surface area contributed by atoms with E-state index in [-0.39, 0.29) is 5.78 Å². The Morgan fingerprint density at radius 2 is 1.88 bits per heavy atom. The predicted molar refractivity (Wildman–Crippen MR) is 74.1 cm³/mol. The monoisotopic (exact) mass is 412 g/mol. The average molecular weight is 413 g/mol. The molecule has 17 heavy (non-hydrogen) atoms. The van der Waals surface area contributed by atoms with Crippen molar-refractivity contribution in [2.45, 2.75) is 17.9 Å². The highest BCUT2D eigenvalue weighted by molar-refractivity contribution is 14.1. The number of carboxylic acid groups (broad SMARTS) is 1. The molecule has 92 valence electrons. The van der Waals surface area contributed by atoms with Gasteiger partial charge in [-0.3, -0.25) is 4.79 Å². The van der Waals surface area contributed by atoms with E-state index in [0.29, 0.717) is 14.7 Å². The van der Waals surface area contributed by atoms with Crippen LogP contribution in [0.25, 0.3) is 0 Å². The molecule has 0 aliphatic carbocycles. The van der Waals surface area contributed by atoms with Gasteiger partial charge in [-0.1, -0.05) is 34.1 Å². The number of alkyl halides is 1. The largest absolute Gasteiger partial charge is 0.479 e. The molecule has 1 aromatic carbocycles. The second-order valence-electron chi connectivity index (χ2n) is 3.46. The second kappa shape index (κ2) is 5.92. The first-order chi connectivity index (χ1) is 7.86. The Morgan fingerprint density at radius 3 is 2.35 bits per heavy atom. The first-order valence-electron chi connectivity index (χ1n) is 4.70. The normalized spacial score (nSPS) is 14.1. The molecule has 1 rings (SSSR count). The summed E-state index contributed by atoms with van der Waals surface area (Å²) >= 11 is 5.17. The van der Waals surface area contributed by atoms with Crippen LogP contribution in [0.4, 0.5) is 0 Å². The highest BCUT2D eigenvalue weighted by atomic mass is 127. The maximum absolute atomic E-state index is 11.3. The van der Waals surface area contributed by atoms with Gasteiger partial charge in [0, 0.05) is 9.13 Å². The Bertz CT molecular complexity index is 423. The molecule has 2 N–H and O–H groups in total. The predicted octanol–water partition coefficient (Wildman–Crippen LogP) is 2.43. The molecular formula is C11H10BrIO4. The van der Waals surface area contributed by atoms with Crippen molar-refractivity contribution in [3.8, 4) is 0 Å². The van der Waals surface area contributed by atoms with E-state index in [9.17, 15) is 14.7 Å². The number of benzene rings is 1. The molecule has 0 heterocycles. The molecule has 4 nitrogen and oxygen atoms in total. The fourth-order valence-corrected chi connectivity index (χ4v) is 3.10. The van der Waals surface area contributed by atoms with E-state index in [0.717, 1.165) is 0 Å². The molecular weight excluding hydrogens is 403 g/mol. The van der Waals surface area contributed by atoms with Crippen LogP contribution in [0.1, 0.15) is 29.0 Å². The molecule has 0 spiro atoms. The zero-order valence-electron chi connectivity index (χ0n) is 8.85. The molecule has 0 radical (unpaired) electrons. The SMILES string of the molecule is CC(=O)C(Br)c1cccc(C(O)C(=O)O)c1I. The van der Waals surface area contributed by atoms with Crippen LogP contribution < -0.4 is 0 Å². The standard InChI is InChI=1S/C11H10BrIO4/c1-5(14)8(12)6-3-2-4-7(9(6)13)10(15)11(16)17/h2-4,8,10,15H,1H3,(H,16,17). The van der Waals surface area contributed by atoms with Crippen LogP contribution in [0.5, 0.6) is 0 Å². The summed E-state index contributed by atoms with van der Waals surface area (Å²) in [5.74, 6) is -1.39. The van der Waals surface area contributed by atoms with Crippen molar-refractivity contribution in [2.75, 3.05) is 0 Å². The lowest BCUT2D eigenvalue weighted by molar-refractivity contribution is -0.147. The van der Waals surface area contributed by atoms with Crippen LogP contribution in [0.2, 0.25) is 0 Å². The molecule has 0 saturated heterocycles. The van der Waals surface area contributed by atoms with Crippen LogP contribution in [-0.4, -0.2) is 22.0 Å². The summed E-state index contributed by atoms with van der Waals surface area (Å²) in [5, 5.41) is 18.3. The summed E-state index contributed by atoms with van der Waals surface area (Å²) in [6, 6.07) is 4.88. The van der Waals surface area contributed by atoms with Crippen molar-refractivity contribution in [3.05, 3.63) is 32.9 Å². The topological polar surface area (TPSA) is 74.6 Å². The van der Waals surface area contributed by atoms with Crippen LogP contribution >= 0.6 is 38.5 Å². The molecule has 1 aromatic rings. The van der Waals surface area contributed by atoms with E-state index < -0.39 is 16.9 Å². The van der Waals surface area contributed by atoms with Crippen molar-refractivity contribution >= 4 is 50.3 Å². The molecule has 0 amide bonds. The number of carbonyl (C=O) groups excluding carboxylic acids is 1. The lowest BCUT2D eigenvalue weighted by atomic mass is 10.0. The van der Waals surface area contributed by atoms with Crippen LogP contribution in [0, 0.1) is 3.57 Å². The van der Waals surface area contributed by atoms with E-state index >= 15 is 0 Å². The summed E-state index contributed by atoms with van der Waals surface area (Å²) in [4.78, 5) is 21.5. The number of rotatable bonds is 4. The molecule has 0 aliphatic heterocycles. The van der Waals surface area contributed by atoms with Crippen molar-refractivity contribution in [3.63, 3.8) is 0 Å². The number of aliphatic hydroxyl groups is 1. The number of carbonyl (C=O) groups is 2. The summed E-state index contributed by atoms with van der Waals surface area (Å²) in [6.07, 6.45) is -1.58. The van der Waals surface area contributed by atoms with Crippen molar-refractivity contribution in [1.29, 1.82) is 0 Å². The number of aliphatic carboxylic acids is 1. The number of halogens is 2. The average Bonchev–Trinajstić information content (AvgIpc) is 2.27. The molecule has 0 fully saturated rings. The van der Waals surface area contributed by atoms with Crippen LogP contribution in [0.15, 0.2) is 18.2 Å². The highest BCUT2D eigenvalue weighted by Crippen LogP contribution is 2.32. The van der Waals surface area contributed by atoms with E-state index in [1.165, 1.54) is 13.0 Å². The minimum Gasteiger partial charge on any atom is -0.479 e. The Labute approximate surface area is 120 Å². The zero-order chi connectivity index (χ0) is 13.2. The fraction of sp³-hybridized carbons (Fsp3) is 0.273. The fourth-order valence-electron chi connectivity index (χ4n) is 1.33. The van der Waals surface area contributed by atoms with Crippen molar-refractivity contribution in [1.82, 2.24) is 0 Å². The van der Waals surface area contributed by atoms with Gasteiger partial charge in [-0.05, 0) is 35.1 Å². The summed E-state index contributed by atoms with van der Waals surface area (Å²) in [7, 11) is 0. The van der Waals surface area contributed by atoms with Crippen molar-refractivity contribution in [2.24, 2.45) is 0 Å². The van der Waals surface area contributed by atoms with Gasteiger partial charge in [-0.25, -0.2) is 4.79 Å².